The Kier molecular flexibility index (Phi) is 4.95. The first-order chi connectivity index (χ1) is 9.49. The molecule has 1 aromatic rings. The van der Waals surface area contributed by atoms with Crippen LogP contribution in [0, 0.1) is 15.5 Å². The molecular weight excluding hydrogens is 320 g/mol. The topological polar surface area (TPSA) is 106 Å². The molecular formula is C12H15ClN2O5S. The van der Waals surface area contributed by atoms with E-state index in [0.717, 1.165) is 18.2 Å². The largest absolute Gasteiger partial charge is 0.320 e. The third-order valence-electron chi connectivity index (χ3n) is 3.19. The molecule has 9 heteroatoms. The van der Waals surface area contributed by atoms with Crippen molar-refractivity contribution < 1.29 is 18.1 Å². The van der Waals surface area contributed by atoms with E-state index in [1.54, 1.807) is 13.8 Å². The predicted octanol–water partition coefficient (Wildman–Crippen LogP) is 2.90. The maximum absolute atomic E-state index is 12.0. The van der Waals surface area contributed by atoms with Gasteiger partial charge in [-0.25, -0.2) is 8.42 Å². The number of carbonyl (C=O) groups is 1. The molecule has 0 heterocycles. The number of halogens is 1. The van der Waals surface area contributed by atoms with E-state index in [0.29, 0.717) is 6.42 Å². The number of anilines is 1. The van der Waals surface area contributed by atoms with E-state index in [1.165, 1.54) is 0 Å². The van der Waals surface area contributed by atoms with Crippen molar-refractivity contribution in [1.29, 1.82) is 0 Å². The molecule has 116 valence electrons. The lowest BCUT2D eigenvalue weighted by Gasteiger charge is -2.21. The molecule has 0 aliphatic rings. The molecule has 0 atom stereocenters. The van der Waals surface area contributed by atoms with Gasteiger partial charge in [0.2, 0.25) is 5.91 Å². The minimum Gasteiger partial charge on any atom is -0.320 e. The lowest BCUT2D eigenvalue weighted by molar-refractivity contribution is -0.384. The average Bonchev–Trinajstić information content (AvgIpc) is 2.37. The Hall–Kier alpha value is -1.67. The number of nitrogens with one attached hydrogen (secondary N) is 1. The standard InChI is InChI=1S/C12H15ClN2O5S/c1-4-12(2,3)11(16)14-9-6-5-8(21(13,19)20)7-10(9)15(17)18/h5-7H,4H2,1-3H3,(H,14,16). The average molecular weight is 335 g/mol. The van der Waals surface area contributed by atoms with Crippen molar-refractivity contribution in [3.05, 3.63) is 28.3 Å². The van der Waals surface area contributed by atoms with Gasteiger partial charge in [-0.05, 0) is 18.6 Å². The number of carbonyl (C=O) groups excluding carboxylic acids is 1. The second-order valence-corrected chi connectivity index (χ2v) is 7.63. The first-order valence-electron chi connectivity index (χ1n) is 6.03. The van der Waals surface area contributed by atoms with Crippen molar-refractivity contribution in [2.24, 2.45) is 5.41 Å². The van der Waals surface area contributed by atoms with Crippen molar-refractivity contribution in [3.63, 3.8) is 0 Å². The van der Waals surface area contributed by atoms with Gasteiger partial charge in [0, 0.05) is 22.2 Å². The van der Waals surface area contributed by atoms with Crippen molar-refractivity contribution in [2.45, 2.75) is 32.1 Å². The highest BCUT2D eigenvalue weighted by Gasteiger charge is 2.28. The van der Waals surface area contributed by atoms with Crippen LogP contribution in [0.5, 0.6) is 0 Å². The summed E-state index contributed by atoms with van der Waals surface area (Å²) in [7, 11) is 1.07. The fourth-order valence-electron chi connectivity index (χ4n) is 1.37. The summed E-state index contributed by atoms with van der Waals surface area (Å²) < 4.78 is 22.4. The Morgan fingerprint density at radius 3 is 2.43 bits per heavy atom. The van der Waals surface area contributed by atoms with Gasteiger partial charge in [-0.2, -0.15) is 0 Å². The summed E-state index contributed by atoms with van der Waals surface area (Å²) in [4.78, 5) is 21.9. The van der Waals surface area contributed by atoms with Crippen LogP contribution in [0.25, 0.3) is 0 Å². The van der Waals surface area contributed by atoms with E-state index in [4.69, 9.17) is 10.7 Å². The van der Waals surface area contributed by atoms with Gasteiger partial charge in [-0.1, -0.05) is 20.8 Å². The molecule has 0 spiro atoms. The highest BCUT2D eigenvalue weighted by molar-refractivity contribution is 8.13. The molecule has 7 nitrogen and oxygen atoms in total. The summed E-state index contributed by atoms with van der Waals surface area (Å²) >= 11 is 0. The van der Waals surface area contributed by atoms with Crippen LogP contribution in [-0.2, 0) is 13.8 Å². The van der Waals surface area contributed by atoms with Crippen LogP contribution in [0.3, 0.4) is 0 Å². The molecule has 0 aromatic heterocycles. The molecule has 0 radical (unpaired) electrons. The van der Waals surface area contributed by atoms with E-state index in [1.807, 2.05) is 6.92 Å². The Labute approximate surface area is 126 Å². The van der Waals surface area contributed by atoms with Gasteiger partial charge in [0.1, 0.15) is 5.69 Å². The van der Waals surface area contributed by atoms with Crippen molar-refractivity contribution in [2.75, 3.05) is 5.32 Å². The van der Waals surface area contributed by atoms with Gasteiger partial charge in [0.05, 0.1) is 9.82 Å². The number of amides is 1. The number of nitro groups is 1. The van der Waals surface area contributed by atoms with E-state index >= 15 is 0 Å². The molecule has 0 fully saturated rings. The summed E-state index contributed by atoms with van der Waals surface area (Å²) in [5.74, 6) is -0.394. The van der Waals surface area contributed by atoms with Gasteiger partial charge in [-0.3, -0.25) is 14.9 Å². The fraction of sp³-hybridized carbons (Fsp3) is 0.417. The quantitative estimate of drug-likeness (QED) is 0.506. The lowest BCUT2D eigenvalue weighted by Crippen LogP contribution is -2.30. The highest BCUT2D eigenvalue weighted by Crippen LogP contribution is 2.31. The predicted molar refractivity (Wildman–Crippen MR) is 78.8 cm³/mol. The van der Waals surface area contributed by atoms with Gasteiger partial charge in [0.15, 0.2) is 0 Å². The number of rotatable bonds is 5. The SMILES string of the molecule is CCC(C)(C)C(=O)Nc1ccc(S(=O)(=O)Cl)cc1[N+](=O)[O-]. The Balaban J connectivity index is 3.26. The molecule has 0 bridgehead atoms. The van der Waals surface area contributed by atoms with Gasteiger partial charge in [0.25, 0.3) is 14.7 Å². The third kappa shape index (κ3) is 4.15. The highest BCUT2D eigenvalue weighted by atomic mass is 35.7. The van der Waals surface area contributed by atoms with Crippen molar-refractivity contribution in [3.8, 4) is 0 Å². The summed E-state index contributed by atoms with van der Waals surface area (Å²) in [5, 5.41) is 13.5. The van der Waals surface area contributed by atoms with Crippen LogP contribution in [0.4, 0.5) is 11.4 Å². The first-order valence-corrected chi connectivity index (χ1v) is 8.34. The molecule has 0 saturated carbocycles. The normalized spacial score (nSPS) is 12.0. The zero-order valence-electron chi connectivity index (χ0n) is 11.7. The van der Waals surface area contributed by atoms with Crippen LogP contribution in [0.15, 0.2) is 23.1 Å². The summed E-state index contributed by atoms with van der Waals surface area (Å²) in [6.45, 7) is 5.22. The third-order valence-corrected chi connectivity index (χ3v) is 4.55. The summed E-state index contributed by atoms with van der Waals surface area (Å²) in [5.41, 5.74) is -1.31. The van der Waals surface area contributed by atoms with Crippen LogP contribution in [0.2, 0.25) is 0 Å². The summed E-state index contributed by atoms with van der Waals surface area (Å²) in [6, 6.07) is 3.07. The number of hydrogen-bond acceptors (Lipinski definition) is 5. The van der Waals surface area contributed by atoms with Gasteiger partial charge >= 0.3 is 0 Å². The smallest absolute Gasteiger partial charge is 0.294 e. The van der Waals surface area contributed by atoms with Crippen molar-refractivity contribution >= 4 is 37.0 Å². The fourth-order valence-corrected chi connectivity index (χ4v) is 2.14. The number of nitrogens with zero attached hydrogens (tertiary/aromatic N) is 1. The zero-order chi connectivity index (χ0) is 16.4. The van der Waals surface area contributed by atoms with Gasteiger partial charge < -0.3 is 5.32 Å². The summed E-state index contributed by atoms with van der Waals surface area (Å²) in [6.07, 6.45) is 0.542. The first kappa shape index (κ1) is 17.4. The van der Waals surface area contributed by atoms with E-state index < -0.39 is 35.9 Å². The minimum atomic E-state index is -4.08. The number of hydrogen-bond donors (Lipinski definition) is 1. The number of benzene rings is 1. The maximum atomic E-state index is 12.0. The zero-order valence-corrected chi connectivity index (χ0v) is 13.3. The second-order valence-electron chi connectivity index (χ2n) is 5.07. The van der Waals surface area contributed by atoms with Gasteiger partial charge in [-0.15, -0.1) is 0 Å². The van der Waals surface area contributed by atoms with E-state index in [9.17, 15) is 23.3 Å². The molecule has 1 rings (SSSR count). The monoisotopic (exact) mass is 334 g/mol. The molecule has 0 saturated heterocycles. The molecule has 0 aliphatic carbocycles. The van der Waals surface area contributed by atoms with Crippen LogP contribution in [0.1, 0.15) is 27.2 Å². The van der Waals surface area contributed by atoms with Crippen LogP contribution < -0.4 is 5.32 Å². The Morgan fingerprint density at radius 2 is 2.00 bits per heavy atom. The lowest BCUT2D eigenvalue weighted by atomic mass is 9.89. The van der Waals surface area contributed by atoms with E-state index in [2.05, 4.69) is 5.32 Å². The molecule has 0 unspecified atom stereocenters. The second kappa shape index (κ2) is 5.98. The minimum absolute atomic E-state index is 0.0735. The molecule has 1 aromatic carbocycles. The maximum Gasteiger partial charge on any atom is 0.294 e. The van der Waals surface area contributed by atoms with Crippen LogP contribution >= 0.6 is 10.7 Å². The Bertz CT molecular complexity index is 685. The van der Waals surface area contributed by atoms with E-state index in [-0.39, 0.29) is 5.69 Å². The number of nitro benzene ring substituents is 1. The molecule has 0 aliphatic heterocycles. The Morgan fingerprint density at radius 1 is 1.43 bits per heavy atom. The van der Waals surface area contributed by atoms with Crippen LogP contribution in [-0.4, -0.2) is 19.2 Å². The molecule has 1 amide bonds. The molecule has 21 heavy (non-hydrogen) atoms. The van der Waals surface area contributed by atoms with Crippen molar-refractivity contribution in [1.82, 2.24) is 0 Å². The molecule has 1 N–H and O–H groups in total.